The first-order chi connectivity index (χ1) is 5.88. The highest BCUT2D eigenvalue weighted by molar-refractivity contribution is 4.95. The third-order valence-corrected chi connectivity index (χ3v) is 1.25. The van der Waals surface area contributed by atoms with Crippen LogP contribution in [0.15, 0.2) is 23.6 Å². The molecule has 62 valence electrons. The lowest BCUT2D eigenvalue weighted by Crippen LogP contribution is -2.04. The molecule has 0 aliphatic rings. The standard InChI is InChI=1S/C6H7N5O/c7-11-10-5(4-12)6-8-2-1-3-9-6/h1-3,5,12H,4H2. The molecule has 1 aromatic rings. The summed E-state index contributed by atoms with van der Waals surface area (Å²) in [6, 6.07) is 0.963. The summed E-state index contributed by atoms with van der Waals surface area (Å²) in [5.74, 6) is 0.331. The molecule has 0 aromatic carbocycles. The zero-order valence-electron chi connectivity index (χ0n) is 6.20. The molecule has 0 saturated carbocycles. The van der Waals surface area contributed by atoms with Crippen LogP contribution in [0.5, 0.6) is 0 Å². The van der Waals surface area contributed by atoms with Gasteiger partial charge in [0.1, 0.15) is 11.9 Å². The van der Waals surface area contributed by atoms with E-state index in [0.717, 1.165) is 0 Å². The fourth-order valence-corrected chi connectivity index (χ4v) is 0.715. The van der Waals surface area contributed by atoms with E-state index in [1.165, 1.54) is 12.4 Å². The number of azide groups is 1. The monoisotopic (exact) mass is 165 g/mol. The van der Waals surface area contributed by atoms with Gasteiger partial charge in [-0.1, -0.05) is 5.11 Å². The van der Waals surface area contributed by atoms with Gasteiger partial charge in [0.15, 0.2) is 0 Å². The summed E-state index contributed by atoms with van der Waals surface area (Å²) in [6.07, 6.45) is 3.05. The lowest BCUT2D eigenvalue weighted by atomic mass is 10.3. The van der Waals surface area contributed by atoms with E-state index in [9.17, 15) is 0 Å². The van der Waals surface area contributed by atoms with Crippen LogP contribution in [0.25, 0.3) is 10.4 Å². The van der Waals surface area contributed by atoms with E-state index in [1.807, 2.05) is 0 Å². The SMILES string of the molecule is [N-]=[N+]=NC(CO)c1ncccn1. The summed E-state index contributed by atoms with van der Waals surface area (Å²) in [5, 5.41) is 12.1. The number of hydrogen-bond acceptors (Lipinski definition) is 4. The van der Waals surface area contributed by atoms with Gasteiger partial charge in [0.05, 0.1) is 6.61 Å². The fourth-order valence-electron chi connectivity index (χ4n) is 0.715. The van der Waals surface area contributed by atoms with E-state index in [0.29, 0.717) is 5.82 Å². The molecule has 1 atom stereocenters. The summed E-state index contributed by atoms with van der Waals surface area (Å²) < 4.78 is 0. The molecule has 6 nitrogen and oxygen atoms in total. The van der Waals surface area contributed by atoms with Crippen molar-refractivity contribution in [3.05, 3.63) is 34.7 Å². The molecule has 12 heavy (non-hydrogen) atoms. The number of nitrogens with zero attached hydrogens (tertiary/aromatic N) is 5. The molecule has 0 fully saturated rings. The first-order valence-electron chi connectivity index (χ1n) is 3.30. The molecule has 1 aromatic heterocycles. The minimum atomic E-state index is -0.684. The van der Waals surface area contributed by atoms with E-state index < -0.39 is 6.04 Å². The van der Waals surface area contributed by atoms with Crippen molar-refractivity contribution in [3.8, 4) is 0 Å². The van der Waals surface area contributed by atoms with Gasteiger partial charge < -0.3 is 5.11 Å². The van der Waals surface area contributed by atoms with Crippen LogP contribution in [-0.2, 0) is 0 Å². The molecule has 0 bridgehead atoms. The Labute approximate surface area is 68.5 Å². The summed E-state index contributed by atoms with van der Waals surface area (Å²) in [6.45, 7) is -0.284. The highest BCUT2D eigenvalue weighted by Crippen LogP contribution is 2.10. The van der Waals surface area contributed by atoms with Crippen LogP contribution in [0, 0.1) is 0 Å². The minimum absolute atomic E-state index is 0.284. The zero-order valence-corrected chi connectivity index (χ0v) is 6.20. The normalized spacial score (nSPS) is 11.8. The van der Waals surface area contributed by atoms with Gasteiger partial charge in [-0.2, -0.15) is 0 Å². The maximum Gasteiger partial charge on any atom is 0.139 e. The molecule has 1 unspecified atom stereocenters. The Hall–Kier alpha value is -1.65. The quantitative estimate of drug-likeness (QED) is 0.408. The van der Waals surface area contributed by atoms with Crippen LogP contribution in [-0.4, -0.2) is 21.7 Å². The maximum atomic E-state index is 8.77. The largest absolute Gasteiger partial charge is 0.395 e. The average molecular weight is 165 g/mol. The summed E-state index contributed by atoms with van der Waals surface area (Å²) in [7, 11) is 0. The molecule has 0 amide bonds. The molecule has 0 spiro atoms. The van der Waals surface area contributed by atoms with Crippen molar-refractivity contribution in [2.75, 3.05) is 6.61 Å². The molecular formula is C6H7N5O. The summed E-state index contributed by atoms with van der Waals surface area (Å²) in [5.41, 5.74) is 8.12. The Morgan fingerprint density at radius 3 is 2.75 bits per heavy atom. The Bertz CT molecular complexity index is 281. The molecule has 0 aliphatic heterocycles. The van der Waals surface area contributed by atoms with Crippen molar-refractivity contribution in [1.29, 1.82) is 0 Å². The topological polar surface area (TPSA) is 94.8 Å². The summed E-state index contributed by atoms with van der Waals surface area (Å²) in [4.78, 5) is 10.2. The molecule has 1 N–H and O–H groups in total. The van der Waals surface area contributed by atoms with E-state index in [2.05, 4.69) is 20.0 Å². The Kier molecular flexibility index (Phi) is 3.01. The Morgan fingerprint density at radius 2 is 2.25 bits per heavy atom. The van der Waals surface area contributed by atoms with Gasteiger partial charge in [-0.15, -0.1) is 0 Å². The number of aliphatic hydroxyl groups excluding tert-OH is 1. The van der Waals surface area contributed by atoms with Crippen molar-refractivity contribution in [2.45, 2.75) is 6.04 Å². The van der Waals surface area contributed by atoms with E-state index >= 15 is 0 Å². The van der Waals surface area contributed by atoms with Crippen molar-refractivity contribution in [3.63, 3.8) is 0 Å². The number of hydrogen-bond donors (Lipinski definition) is 1. The number of aliphatic hydroxyl groups is 1. The Balaban J connectivity index is 2.87. The second kappa shape index (κ2) is 4.27. The molecule has 6 heteroatoms. The van der Waals surface area contributed by atoms with Gasteiger partial charge in [-0.3, -0.25) is 0 Å². The average Bonchev–Trinajstić information content (AvgIpc) is 2.15. The van der Waals surface area contributed by atoms with Gasteiger partial charge in [0.25, 0.3) is 0 Å². The van der Waals surface area contributed by atoms with Crippen molar-refractivity contribution in [1.82, 2.24) is 9.97 Å². The molecule has 0 aliphatic carbocycles. The molecule has 1 rings (SSSR count). The van der Waals surface area contributed by atoms with Gasteiger partial charge in [0.2, 0.25) is 0 Å². The minimum Gasteiger partial charge on any atom is -0.395 e. The fraction of sp³-hybridized carbons (Fsp3) is 0.333. The smallest absolute Gasteiger partial charge is 0.139 e. The van der Waals surface area contributed by atoms with Crippen molar-refractivity contribution < 1.29 is 5.11 Å². The summed E-state index contributed by atoms with van der Waals surface area (Å²) >= 11 is 0. The third-order valence-electron chi connectivity index (χ3n) is 1.25. The van der Waals surface area contributed by atoms with Crippen LogP contribution < -0.4 is 0 Å². The van der Waals surface area contributed by atoms with Crippen LogP contribution >= 0.6 is 0 Å². The molecular weight excluding hydrogens is 158 g/mol. The zero-order chi connectivity index (χ0) is 8.81. The van der Waals surface area contributed by atoms with Gasteiger partial charge >= 0.3 is 0 Å². The van der Waals surface area contributed by atoms with Gasteiger partial charge in [0, 0.05) is 17.3 Å². The van der Waals surface area contributed by atoms with Crippen LogP contribution in [0.4, 0.5) is 0 Å². The molecule has 0 radical (unpaired) electrons. The molecule has 1 heterocycles. The van der Waals surface area contributed by atoms with Crippen LogP contribution in [0.3, 0.4) is 0 Å². The first kappa shape index (κ1) is 8.45. The highest BCUT2D eigenvalue weighted by atomic mass is 16.3. The van der Waals surface area contributed by atoms with Gasteiger partial charge in [-0.05, 0) is 11.6 Å². The van der Waals surface area contributed by atoms with E-state index in [4.69, 9.17) is 10.6 Å². The van der Waals surface area contributed by atoms with Gasteiger partial charge in [-0.25, -0.2) is 9.97 Å². The second-order valence-electron chi connectivity index (χ2n) is 2.01. The lowest BCUT2D eigenvalue weighted by molar-refractivity contribution is 0.263. The highest BCUT2D eigenvalue weighted by Gasteiger charge is 2.09. The van der Waals surface area contributed by atoms with Crippen molar-refractivity contribution >= 4 is 0 Å². The predicted molar refractivity (Wildman–Crippen MR) is 41.0 cm³/mol. The predicted octanol–water partition coefficient (Wildman–Crippen LogP) is 0.820. The lowest BCUT2D eigenvalue weighted by Gasteiger charge is -2.03. The van der Waals surface area contributed by atoms with E-state index in [1.54, 1.807) is 6.07 Å². The van der Waals surface area contributed by atoms with Crippen molar-refractivity contribution in [2.24, 2.45) is 5.11 Å². The Morgan fingerprint density at radius 1 is 1.58 bits per heavy atom. The maximum absolute atomic E-state index is 8.77. The van der Waals surface area contributed by atoms with Crippen LogP contribution in [0.1, 0.15) is 11.9 Å². The third kappa shape index (κ3) is 1.91. The second-order valence-corrected chi connectivity index (χ2v) is 2.01. The molecule has 0 saturated heterocycles. The first-order valence-corrected chi connectivity index (χ1v) is 3.30. The van der Waals surface area contributed by atoms with Crippen LogP contribution in [0.2, 0.25) is 0 Å². The number of rotatable bonds is 3. The van der Waals surface area contributed by atoms with E-state index in [-0.39, 0.29) is 6.61 Å². The number of aromatic nitrogens is 2.